The summed E-state index contributed by atoms with van der Waals surface area (Å²) in [6.07, 6.45) is 1.19. The largest absolute Gasteiger partial charge is 0.459 e. The number of carbonyl (C=O) groups excluding carboxylic acids is 2. The zero-order chi connectivity index (χ0) is 17.8. The normalized spacial score (nSPS) is 17.8. The van der Waals surface area contributed by atoms with Crippen molar-refractivity contribution < 1.29 is 18.7 Å². The number of amides is 2. The molecule has 6 nitrogen and oxygen atoms in total. The standard InChI is InChI=1S/C19H22N2O4/c1-13(2)14-5-7-15(8-6-14)21-11-16(25-12-18(21)22)10-20-19(23)17-4-3-9-24-17/h3-9,13,16H,10-12H2,1-2H3,(H,20,23). The molecule has 0 aliphatic carbocycles. The lowest BCUT2D eigenvalue weighted by molar-refractivity contribution is -0.129. The Bertz CT molecular complexity index is 722. The van der Waals surface area contributed by atoms with E-state index in [1.807, 2.05) is 24.3 Å². The SMILES string of the molecule is CC(C)c1ccc(N2CC(CNC(=O)c3ccco3)OCC2=O)cc1. The zero-order valence-electron chi connectivity index (χ0n) is 14.4. The molecule has 0 bridgehead atoms. The van der Waals surface area contributed by atoms with Gasteiger partial charge >= 0.3 is 0 Å². The zero-order valence-corrected chi connectivity index (χ0v) is 14.4. The number of benzene rings is 1. The number of hydrogen-bond acceptors (Lipinski definition) is 4. The Morgan fingerprint density at radius 2 is 2.04 bits per heavy atom. The van der Waals surface area contributed by atoms with Crippen LogP contribution in [0.15, 0.2) is 47.1 Å². The number of nitrogens with one attached hydrogen (secondary N) is 1. The molecule has 1 aromatic carbocycles. The van der Waals surface area contributed by atoms with Gasteiger partial charge in [-0.25, -0.2) is 0 Å². The number of furan rings is 1. The highest BCUT2D eigenvalue weighted by Gasteiger charge is 2.28. The van der Waals surface area contributed by atoms with Crippen LogP contribution < -0.4 is 10.2 Å². The van der Waals surface area contributed by atoms with Crippen LogP contribution in [-0.2, 0) is 9.53 Å². The summed E-state index contributed by atoms with van der Waals surface area (Å²) in [7, 11) is 0. The van der Waals surface area contributed by atoms with Crippen molar-refractivity contribution in [3.63, 3.8) is 0 Å². The third-order valence-electron chi connectivity index (χ3n) is 4.24. The molecule has 132 valence electrons. The Kier molecular flexibility index (Phi) is 5.19. The Morgan fingerprint density at radius 3 is 2.68 bits per heavy atom. The van der Waals surface area contributed by atoms with Crippen LogP contribution in [0.1, 0.15) is 35.9 Å². The third kappa shape index (κ3) is 4.09. The Labute approximate surface area is 146 Å². The molecule has 1 aliphatic heterocycles. The van der Waals surface area contributed by atoms with Crippen LogP contribution in [0.2, 0.25) is 0 Å². The number of carbonyl (C=O) groups is 2. The molecule has 0 radical (unpaired) electrons. The van der Waals surface area contributed by atoms with E-state index in [1.54, 1.807) is 17.0 Å². The third-order valence-corrected chi connectivity index (χ3v) is 4.24. The van der Waals surface area contributed by atoms with Crippen molar-refractivity contribution in [1.29, 1.82) is 0 Å². The van der Waals surface area contributed by atoms with Crippen LogP contribution >= 0.6 is 0 Å². The van der Waals surface area contributed by atoms with Crippen molar-refractivity contribution in [3.8, 4) is 0 Å². The summed E-state index contributed by atoms with van der Waals surface area (Å²) in [4.78, 5) is 25.8. The molecule has 1 atom stereocenters. The van der Waals surface area contributed by atoms with Gasteiger partial charge in [0.25, 0.3) is 11.8 Å². The molecule has 1 aromatic heterocycles. The van der Waals surface area contributed by atoms with Gasteiger partial charge in [0.05, 0.1) is 18.9 Å². The molecule has 1 aliphatic rings. The summed E-state index contributed by atoms with van der Waals surface area (Å²) in [6.45, 7) is 4.98. The highest BCUT2D eigenvalue weighted by atomic mass is 16.5. The lowest BCUT2D eigenvalue weighted by atomic mass is 10.0. The van der Waals surface area contributed by atoms with Gasteiger partial charge in [-0.2, -0.15) is 0 Å². The molecule has 0 spiro atoms. The number of hydrogen-bond donors (Lipinski definition) is 1. The van der Waals surface area contributed by atoms with Gasteiger partial charge in [0.1, 0.15) is 6.61 Å². The average Bonchev–Trinajstić information content (AvgIpc) is 3.15. The molecule has 2 amide bonds. The van der Waals surface area contributed by atoms with E-state index >= 15 is 0 Å². The quantitative estimate of drug-likeness (QED) is 0.906. The first-order chi connectivity index (χ1) is 12.0. The Balaban J connectivity index is 1.61. The molecule has 6 heteroatoms. The van der Waals surface area contributed by atoms with E-state index in [4.69, 9.17) is 9.15 Å². The van der Waals surface area contributed by atoms with E-state index < -0.39 is 0 Å². The maximum Gasteiger partial charge on any atom is 0.287 e. The molecule has 1 unspecified atom stereocenters. The summed E-state index contributed by atoms with van der Waals surface area (Å²) in [5, 5.41) is 2.77. The summed E-state index contributed by atoms with van der Waals surface area (Å²) in [5.74, 6) is 0.330. The minimum absolute atomic E-state index is 0.00716. The Morgan fingerprint density at radius 1 is 1.28 bits per heavy atom. The first-order valence-corrected chi connectivity index (χ1v) is 8.38. The first kappa shape index (κ1) is 17.2. The molecular formula is C19H22N2O4. The van der Waals surface area contributed by atoms with Crippen molar-refractivity contribution in [3.05, 3.63) is 54.0 Å². The molecular weight excluding hydrogens is 320 g/mol. The fraction of sp³-hybridized carbons (Fsp3) is 0.368. The maximum atomic E-state index is 12.2. The molecule has 2 aromatic rings. The van der Waals surface area contributed by atoms with Gasteiger partial charge in [-0.3, -0.25) is 9.59 Å². The summed E-state index contributed by atoms with van der Waals surface area (Å²) in [5.41, 5.74) is 2.08. The van der Waals surface area contributed by atoms with E-state index in [2.05, 4.69) is 19.2 Å². The second-order valence-corrected chi connectivity index (χ2v) is 6.37. The molecule has 2 heterocycles. The number of nitrogens with zero attached hydrogens (tertiary/aromatic N) is 1. The maximum absolute atomic E-state index is 12.2. The highest BCUT2D eigenvalue weighted by Crippen LogP contribution is 2.22. The molecule has 1 N–H and O–H groups in total. The van der Waals surface area contributed by atoms with E-state index in [0.717, 1.165) is 5.69 Å². The number of rotatable bonds is 5. The van der Waals surface area contributed by atoms with Crippen LogP contribution in [-0.4, -0.2) is 37.6 Å². The van der Waals surface area contributed by atoms with E-state index in [9.17, 15) is 9.59 Å². The lowest BCUT2D eigenvalue weighted by Gasteiger charge is -2.33. The van der Waals surface area contributed by atoms with Crippen molar-refractivity contribution in [2.75, 3.05) is 24.6 Å². The second-order valence-electron chi connectivity index (χ2n) is 6.37. The van der Waals surface area contributed by atoms with E-state index in [1.165, 1.54) is 11.8 Å². The molecule has 1 saturated heterocycles. The lowest BCUT2D eigenvalue weighted by Crippen LogP contribution is -2.50. The van der Waals surface area contributed by atoms with Crippen molar-refractivity contribution >= 4 is 17.5 Å². The second kappa shape index (κ2) is 7.53. The molecule has 25 heavy (non-hydrogen) atoms. The van der Waals surface area contributed by atoms with Crippen molar-refractivity contribution in [2.24, 2.45) is 0 Å². The summed E-state index contributed by atoms with van der Waals surface area (Å²) < 4.78 is 10.6. The van der Waals surface area contributed by atoms with E-state index in [0.29, 0.717) is 19.0 Å². The van der Waals surface area contributed by atoms with Gasteiger partial charge in [-0.05, 0) is 35.7 Å². The van der Waals surface area contributed by atoms with Gasteiger partial charge in [0, 0.05) is 12.2 Å². The first-order valence-electron chi connectivity index (χ1n) is 8.38. The van der Waals surface area contributed by atoms with Crippen LogP contribution in [0.25, 0.3) is 0 Å². The average molecular weight is 342 g/mol. The summed E-state index contributed by atoms with van der Waals surface area (Å²) in [6, 6.07) is 11.2. The minimum atomic E-state index is -0.293. The van der Waals surface area contributed by atoms with Crippen molar-refractivity contribution in [1.82, 2.24) is 5.32 Å². The van der Waals surface area contributed by atoms with Gasteiger partial charge < -0.3 is 19.4 Å². The monoisotopic (exact) mass is 342 g/mol. The van der Waals surface area contributed by atoms with Gasteiger partial charge in [-0.15, -0.1) is 0 Å². The van der Waals surface area contributed by atoms with Crippen LogP contribution in [0, 0.1) is 0 Å². The molecule has 1 fully saturated rings. The fourth-order valence-electron chi connectivity index (χ4n) is 2.74. The number of anilines is 1. The minimum Gasteiger partial charge on any atom is -0.459 e. The Hall–Kier alpha value is -2.60. The predicted octanol–water partition coefficient (Wildman–Crippen LogP) is 2.56. The molecule has 0 saturated carbocycles. The van der Waals surface area contributed by atoms with Crippen LogP contribution in [0.3, 0.4) is 0 Å². The van der Waals surface area contributed by atoms with E-state index in [-0.39, 0.29) is 30.3 Å². The summed E-state index contributed by atoms with van der Waals surface area (Å²) >= 11 is 0. The smallest absolute Gasteiger partial charge is 0.287 e. The van der Waals surface area contributed by atoms with Crippen LogP contribution in [0.4, 0.5) is 5.69 Å². The van der Waals surface area contributed by atoms with Gasteiger partial charge in [0.15, 0.2) is 5.76 Å². The van der Waals surface area contributed by atoms with Gasteiger partial charge in [-0.1, -0.05) is 26.0 Å². The van der Waals surface area contributed by atoms with Crippen LogP contribution in [0.5, 0.6) is 0 Å². The predicted molar refractivity (Wildman–Crippen MR) is 93.7 cm³/mol. The number of ether oxygens (including phenoxy) is 1. The van der Waals surface area contributed by atoms with Gasteiger partial charge in [0.2, 0.25) is 0 Å². The highest BCUT2D eigenvalue weighted by molar-refractivity contribution is 5.95. The topological polar surface area (TPSA) is 71.8 Å². The molecule has 3 rings (SSSR count). The number of morpholine rings is 1. The fourth-order valence-corrected chi connectivity index (χ4v) is 2.74. The van der Waals surface area contributed by atoms with Crippen molar-refractivity contribution in [2.45, 2.75) is 25.9 Å².